The van der Waals surface area contributed by atoms with E-state index in [2.05, 4.69) is 35.5 Å². The molecule has 1 rings (SSSR count). The third-order valence-corrected chi connectivity index (χ3v) is 4.68. The summed E-state index contributed by atoms with van der Waals surface area (Å²) in [6, 6.07) is 0. The summed E-state index contributed by atoms with van der Waals surface area (Å²) in [5.41, 5.74) is 0. The predicted molar refractivity (Wildman–Crippen MR) is 103 cm³/mol. The molecule has 0 aromatic heterocycles. The topological polar surface area (TPSA) is 37.4 Å². The van der Waals surface area contributed by atoms with Gasteiger partial charge in [0.05, 0.1) is 19.8 Å². The first kappa shape index (κ1) is 22.8. The van der Waals surface area contributed by atoms with Gasteiger partial charge in [-0.15, -0.1) is 0 Å². The van der Waals surface area contributed by atoms with E-state index in [-0.39, 0.29) is 0 Å². The van der Waals surface area contributed by atoms with Gasteiger partial charge in [-0.3, -0.25) is 14.7 Å². The van der Waals surface area contributed by atoms with Crippen LogP contribution in [0.5, 0.6) is 0 Å². The van der Waals surface area contributed by atoms with E-state index < -0.39 is 0 Å². The van der Waals surface area contributed by atoms with E-state index in [0.29, 0.717) is 0 Å². The molecule has 0 N–H and O–H groups in total. The SMILES string of the molecule is CCOCCN1CCCN(CCOCC)CCN(CCOCC)CC1. The average Bonchev–Trinajstić information content (AvgIpc) is 2.62. The lowest BCUT2D eigenvalue weighted by atomic mass is 10.3. The maximum absolute atomic E-state index is 5.57. The lowest BCUT2D eigenvalue weighted by Crippen LogP contribution is -2.45. The fourth-order valence-corrected chi connectivity index (χ4v) is 3.10. The quantitative estimate of drug-likeness (QED) is 0.491. The largest absolute Gasteiger partial charge is 0.380 e. The summed E-state index contributed by atoms with van der Waals surface area (Å²) in [6.45, 7) is 21.0. The minimum absolute atomic E-state index is 0.800. The van der Waals surface area contributed by atoms with E-state index in [0.717, 1.165) is 98.5 Å². The summed E-state index contributed by atoms with van der Waals surface area (Å²) >= 11 is 0. The van der Waals surface area contributed by atoms with Gasteiger partial charge in [-0.2, -0.15) is 0 Å². The van der Waals surface area contributed by atoms with Gasteiger partial charge >= 0.3 is 0 Å². The van der Waals surface area contributed by atoms with Crippen molar-refractivity contribution in [3.63, 3.8) is 0 Å². The zero-order chi connectivity index (χ0) is 18.2. The van der Waals surface area contributed by atoms with Gasteiger partial charge in [-0.1, -0.05) is 0 Å². The average molecular weight is 360 g/mol. The van der Waals surface area contributed by atoms with Crippen LogP contribution in [-0.4, -0.2) is 113 Å². The van der Waals surface area contributed by atoms with Crippen LogP contribution in [-0.2, 0) is 14.2 Å². The van der Waals surface area contributed by atoms with Crippen molar-refractivity contribution in [2.24, 2.45) is 0 Å². The Balaban J connectivity index is 2.49. The minimum Gasteiger partial charge on any atom is -0.380 e. The van der Waals surface area contributed by atoms with Gasteiger partial charge in [-0.25, -0.2) is 0 Å². The molecule has 0 aromatic rings. The molecule has 6 nitrogen and oxygen atoms in total. The van der Waals surface area contributed by atoms with Gasteiger partial charge in [0.2, 0.25) is 0 Å². The first-order chi connectivity index (χ1) is 12.3. The van der Waals surface area contributed by atoms with Crippen LogP contribution in [0.3, 0.4) is 0 Å². The molecule has 0 unspecified atom stereocenters. The van der Waals surface area contributed by atoms with Crippen LogP contribution in [0.4, 0.5) is 0 Å². The maximum Gasteiger partial charge on any atom is 0.0593 e. The van der Waals surface area contributed by atoms with E-state index in [1.165, 1.54) is 6.42 Å². The maximum atomic E-state index is 5.57. The summed E-state index contributed by atoms with van der Waals surface area (Å²) in [5, 5.41) is 0. The molecule has 0 amide bonds. The lowest BCUT2D eigenvalue weighted by Gasteiger charge is -2.32. The molecule has 25 heavy (non-hydrogen) atoms. The Morgan fingerprint density at radius 1 is 0.520 bits per heavy atom. The monoisotopic (exact) mass is 359 g/mol. The van der Waals surface area contributed by atoms with Crippen molar-refractivity contribution in [2.45, 2.75) is 27.2 Å². The van der Waals surface area contributed by atoms with E-state index in [1.54, 1.807) is 0 Å². The van der Waals surface area contributed by atoms with Gasteiger partial charge in [0.1, 0.15) is 0 Å². The van der Waals surface area contributed by atoms with Crippen molar-refractivity contribution in [3.8, 4) is 0 Å². The van der Waals surface area contributed by atoms with Crippen LogP contribution in [0, 0.1) is 0 Å². The summed E-state index contributed by atoms with van der Waals surface area (Å²) < 4.78 is 16.7. The van der Waals surface area contributed by atoms with Crippen molar-refractivity contribution >= 4 is 0 Å². The van der Waals surface area contributed by atoms with E-state index in [1.807, 2.05) is 0 Å². The standard InChI is InChI=1S/C19H41N3O3/c1-4-23-17-14-20-8-7-9-21(15-18-24-5-2)11-13-22(12-10-20)16-19-25-6-3/h4-19H2,1-3H3. The van der Waals surface area contributed by atoms with Gasteiger partial charge in [0.15, 0.2) is 0 Å². The van der Waals surface area contributed by atoms with Crippen LogP contribution in [0.2, 0.25) is 0 Å². The Morgan fingerprint density at radius 3 is 1.16 bits per heavy atom. The summed E-state index contributed by atoms with van der Waals surface area (Å²) in [6.07, 6.45) is 1.22. The number of hydrogen-bond donors (Lipinski definition) is 0. The third-order valence-electron chi connectivity index (χ3n) is 4.68. The highest BCUT2D eigenvalue weighted by molar-refractivity contribution is 4.70. The van der Waals surface area contributed by atoms with Crippen LogP contribution >= 0.6 is 0 Å². The van der Waals surface area contributed by atoms with Crippen LogP contribution in [0.1, 0.15) is 27.2 Å². The number of nitrogens with zero attached hydrogens (tertiary/aromatic N) is 3. The fourth-order valence-electron chi connectivity index (χ4n) is 3.10. The van der Waals surface area contributed by atoms with Gasteiger partial charge in [-0.05, 0) is 40.3 Å². The number of rotatable bonds is 12. The van der Waals surface area contributed by atoms with Crippen molar-refractivity contribution in [1.29, 1.82) is 0 Å². The molecule has 0 radical (unpaired) electrons. The van der Waals surface area contributed by atoms with Gasteiger partial charge in [0.25, 0.3) is 0 Å². The molecule has 0 atom stereocenters. The molecule has 150 valence electrons. The molecular formula is C19H41N3O3. The number of ether oxygens (including phenoxy) is 3. The molecule has 6 heteroatoms. The van der Waals surface area contributed by atoms with Crippen molar-refractivity contribution < 1.29 is 14.2 Å². The highest BCUT2D eigenvalue weighted by atomic mass is 16.5. The zero-order valence-electron chi connectivity index (χ0n) is 16.9. The molecule has 1 aliphatic heterocycles. The molecule has 0 saturated carbocycles. The molecule has 1 fully saturated rings. The molecule has 1 aliphatic rings. The Kier molecular flexibility index (Phi) is 14.6. The molecule has 1 saturated heterocycles. The first-order valence-corrected chi connectivity index (χ1v) is 10.2. The van der Waals surface area contributed by atoms with Crippen LogP contribution in [0.15, 0.2) is 0 Å². The second-order valence-electron chi connectivity index (χ2n) is 6.47. The van der Waals surface area contributed by atoms with Crippen LogP contribution < -0.4 is 0 Å². The molecule has 0 spiro atoms. The van der Waals surface area contributed by atoms with Gasteiger partial charge < -0.3 is 14.2 Å². The normalized spacial score (nSPS) is 19.3. The Labute approximate surface area is 155 Å². The smallest absolute Gasteiger partial charge is 0.0593 e. The number of hydrogen-bond acceptors (Lipinski definition) is 6. The second kappa shape index (κ2) is 16.0. The van der Waals surface area contributed by atoms with Crippen molar-refractivity contribution in [1.82, 2.24) is 14.7 Å². The Hall–Kier alpha value is -0.240. The molecule has 0 bridgehead atoms. The Bertz CT molecular complexity index is 273. The van der Waals surface area contributed by atoms with Gasteiger partial charge in [0, 0.05) is 65.6 Å². The zero-order valence-corrected chi connectivity index (χ0v) is 16.9. The highest BCUT2D eigenvalue weighted by Crippen LogP contribution is 2.02. The summed E-state index contributed by atoms with van der Waals surface area (Å²) in [5.74, 6) is 0. The molecule has 1 heterocycles. The van der Waals surface area contributed by atoms with Crippen LogP contribution in [0.25, 0.3) is 0 Å². The first-order valence-electron chi connectivity index (χ1n) is 10.2. The summed E-state index contributed by atoms with van der Waals surface area (Å²) in [4.78, 5) is 7.65. The summed E-state index contributed by atoms with van der Waals surface area (Å²) in [7, 11) is 0. The predicted octanol–water partition coefficient (Wildman–Crippen LogP) is 1.41. The van der Waals surface area contributed by atoms with Crippen molar-refractivity contribution in [3.05, 3.63) is 0 Å². The minimum atomic E-state index is 0.800. The third kappa shape index (κ3) is 11.9. The van der Waals surface area contributed by atoms with E-state index in [9.17, 15) is 0 Å². The molecule has 0 aromatic carbocycles. The van der Waals surface area contributed by atoms with E-state index in [4.69, 9.17) is 14.2 Å². The van der Waals surface area contributed by atoms with E-state index >= 15 is 0 Å². The Morgan fingerprint density at radius 2 is 0.840 bits per heavy atom. The molecule has 0 aliphatic carbocycles. The lowest BCUT2D eigenvalue weighted by molar-refractivity contribution is 0.0712. The highest BCUT2D eigenvalue weighted by Gasteiger charge is 2.15. The molecular weight excluding hydrogens is 318 g/mol. The van der Waals surface area contributed by atoms with Crippen molar-refractivity contribution in [2.75, 3.05) is 98.5 Å². The fraction of sp³-hybridized carbons (Fsp3) is 1.00. The second-order valence-corrected chi connectivity index (χ2v) is 6.47.